The second kappa shape index (κ2) is 4.97. The molecule has 1 nitrogen and oxygen atoms in total. The van der Waals surface area contributed by atoms with Crippen molar-refractivity contribution in [1.29, 1.82) is 0 Å². The Balaban J connectivity index is 1.74. The van der Waals surface area contributed by atoms with Gasteiger partial charge in [-0.15, -0.1) is 11.3 Å². The van der Waals surface area contributed by atoms with Crippen molar-refractivity contribution in [1.82, 2.24) is 5.32 Å². The van der Waals surface area contributed by atoms with Gasteiger partial charge in [0.25, 0.3) is 0 Å². The van der Waals surface area contributed by atoms with E-state index in [4.69, 9.17) is 11.6 Å². The van der Waals surface area contributed by atoms with E-state index in [2.05, 4.69) is 17.4 Å². The van der Waals surface area contributed by atoms with Gasteiger partial charge >= 0.3 is 0 Å². The summed E-state index contributed by atoms with van der Waals surface area (Å²) in [4.78, 5) is 1.39. The molecule has 1 aliphatic carbocycles. The summed E-state index contributed by atoms with van der Waals surface area (Å²) < 4.78 is 1.22. The molecule has 90 valence electrons. The summed E-state index contributed by atoms with van der Waals surface area (Å²) in [7, 11) is 0. The number of halogens is 1. The second-order valence-electron chi connectivity index (χ2n) is 4.73. The molecule has 0 spiro atoms. The Morgan fingerprint density at radius 2 is 2.12 bits per heavy atom. The number of hydrogen-bond donors (Lipinski definition) is 1. The number of thiophene rings is 1. The summed E-state index contributed by atoms with van der Waals surface area (Å²) in [6.07, 6.45) is 5.45. The highest BCUT2D eigenvalue weighted by Gasteiger charge is 2.14. The van der Waals surface area contributed by atoms with Crippen LogP contribution in [0.15, 0.2) is 24.3 Å². The van der Waals surface area contributed by atoms with Crippen LogP contribution in [0.25, 0.3) is 10.1 Å². The van der Waals surface area contributed by atoms with Gasteiger partial charge in [-0.1, -0.05) is 36.6 Å². The average molecular weight is 266 g/mol. The Bertz CT molecular complexity index is 514. The molecule has 0 unspecified atom stereocenters. The molecule has 2 aromatic rings. The predicted molar refractivity (Wildman–Crippen MR) is 75.9 cm³/mol. The van der Waals surface area contributed by atoms with Crippen LogP contribution < -0.4 is 5.32 Å². The summed E-state index contributed by atoms with van der Waals surface area (Å²) >= 11 is 8.00. The largest absolute Gasteiger partial charge is 0.309 e. The Hall–Kier alpha value is -0.570. The quantitative estimate of drug-likeness (QED) is 0.856. The van der Waals surface area contributed by atoms with Crippen LogP contribution in [0.2, 0.25) is 5.02 Å². The van der Waals surface area contributed by atoms with Gasteiger partial charge in [-0.2, -0.15) is 0 Å². The first kappa shape index (κ1) is 11.5. The van der Waals surface area contributed by atoms with Crippen molar-refractivity contribution in [2.45, 2.75) is 38.3 Å². The molecule has 0 radical (unpaired) electrons. The van der Waals surface area contributed by atoms with Crippen LogP contribution in [0.4, 0.5) is 0 Å². The van der Waals surface area contributed by atoms with Crippen molar-refractivity contribution in [3.05, 3.63) is 34.2 Å². The van der Waals surface area contributed by atoms with Gasteiger partial charge in [-0.25, -0.2) is 0 Å². The van der Waals surface area contributed by atoms with Gasteiger partial charge in [-0.05, 0) is 30.4 Å². The maximum atomic E-state index is 6.19. The number of rotatable bonds is 3. The normalized spacial score (nSPS) is 17.0. The summed E-state index contributed by atoms with van der Waals surface area (Å²) in [5, 5.41) is 5.79. The number of hydrogen-bond acceptors (Lipinski definition) is 2. The van der Waals surface area contributed by atoms with Crippen molar-refractivity contribution in [2.24, 2.45) is 0 Å². The molecule has 1 fully saturated rings. The van der Waals surface area contributed by atoms with Crippen molar-refractivity contribution in [2.75, 3.05) is 0 Å². The van der Waals surface area contributed by atoms with Crippen molar-refractivity contribution >= 4 is 33.0 Å². The molecule has 1 aromatic carbocycles. The third-order valence-corrected chi connectivity index (χ3v) is 5.08. The molecule has 1 heterocycles. The van der Waals surface area contributed by atoms with Gasteiger partial charge in [0.05, 0.1) is 9.72 Å². The molecular weight excluding hydrogens is 250 g/mol. The van der Waals surface area contributed by atoms with Gasteiger partial charge in [0.1, 0.15) is 0 Å². The maximum absolute atomic E-state index is 6.19. The van der Waals surface area contributed by atoms with Gasteiger partial charge in [0.15, 0.2) is 0 Å². The minimum absolute atomic E-state index is 0.732. The topological polar surface area (TPSA) is 12.0 Å². The zero-order valence-electron chi connectivity index (χ0n) is 9.71. The molecule has 0 atom stereocenters. The monoisotopic (exact) mass is 265 g/mol. The van der Waals surface area contributed by atoms with Gasteiger partial charge in [0, 0.05) is 17.5 Å². The van der Waals surface area contributed by atoms with E-state index in [1.54, 1.807) is 0 Å². The van der Waals surface area contributed by atoms with Crippen molar-refractivity contribution in [3.8, 4) is 0 Å². The van der Waals surface area contributed by atoms with Crippen LogP contribution in [0.1, 0.15) is 30.6 Å². The first-order chi connectivity index (χ1) is 8.33. The summed E-state index contributed by atoms with van der Waals surface area (Å²) in [6.45, 7) is 0.986. The zero-order valence-corrected chi connectivity index (χ0v) is 11.3. The minimum atomic E-state index is 0.732. The summed E-state index contributed by atoms with van der Waals surface area (Å²) in [5.74, 6) is 0. The molecule has 17 heavy (non-hydrogen) atoms. The molecule has 1 saturated carbocycles. The molecule has 0 saturated heterocycles. The molecule has 1 N–H and O–H groups in total. The van der Waals surface area contributed by atoms with Crippen LogP contribution in [-0.4, -0.2) is 6.04 Å². The first-order valence-corrected chi connectivity index (χ1v) is 7.43. The fourth-order valence-electron chi connectivity index (χ4n) is 2.54. The number of benzene rings is 1. The van der Waals surface area contributed by atoms with E-state index in [0.29, 0.717) is 0 Å². The zero-order chi connectivity index (χ0) is 11.7. The standard InChI is InChI=1S/C14H16ClNS/c15-13-7-3-4-10-8-12(17-14(10)13)9-16-11-5-1-2-6-11/h3-4,7-8,11,16H,1-2,5-6,9H2. The third-order valence-electron chi connectivity index (χ3n) is 3.47. The lowest BCUT2D eigenvalue weighted by atomic mass is 10.2. The van der Waals surface area contributed by atoms with E-state index in [-0.39, 0.29) is 0 Å². The lowest BCUT2D eigenvalue weighted by molar-refractivity contribution is 0.527. The number of fused-ring (bicyclic) bond motifs is 1. The Labute approximate surface area is 111 Å². The molecule has 0 amide bonds. The lowest BCUT2D eigenvalue weighted by Gasteiger charge is -2.09. The highest BCUT2D eigenvalue weighted by atomic mass is 35.5. The second-order valence-corrected chi connectivity index (χ2v) is 6.28. The van der Waals surface area contributed by atoms with Crippen molar-refractivity contribution in [3.63, 3.8) is 0 Å². The van der Waals surface area contributed by atoms with E-state index in [1.807, 2.05) is 23.5 Å². The van der Waals surface area contributed by atoms with E-state index in [1.165, 1.54) is 40.6 Å². The highest BCUT2D eigenvalue weighted by molar-refractivity contribution is 7.19. The molecule has 3 heteroatoms. The average Bonchev–Trinajstić information content (AvgIpc) is 2.95. The number of nitrogens with one attached hydrogen (secondary N) is 1. The van der Waals surface area contributed by atoms with Gasteiger partial charge < -0.3 is 5.32 Å². The third kappa shape index (κ3) is 2.49. The highest BCUT2D eigenvalue weighted by Crippen LogP contribution is 2.31. The van der Waals surface area contributed by atoms with Crippen LogP contribution in [-0.2, 0) is 6.54 Å². The fourth-order valence-corrected chi connectivity index (χ4v) is 3.85. The van der Waals surface area contributed by atoms with Gasteiger partial charge in [0.2, 0.25) is 0 Å². The van der Waals surface area contributed by atoms with Gasteiger partial charge in [-0.3, -0.25) is 0 Å². The minimum Gasteiger partial charge on any atom is -0.309 e. The van der Waals surface area contributed by atoms with E-state index < -0.39 is 0 Å². The van der Waals surface area contributed by atoms with Crippen LogP contribution in [0.5, 0.6) is 0 Å². The predicted octanol–water partition coefficient (Wildman–Crippen LogP) is 4.59. The first-order valence-electron chi connectivity index (χ1n) is 6.23. The maximum Gasteiger partial charge on any atom is 0.0584 e. The SMILES string of the molecule is Clc1cccc2cc(CNC3CCCC3)sc12. The molecule has 1 aliphatic rings. The summed E-state index contributed by atoms with van der Waals surface area (Å²) in [6, 6.07) is 9.11. The molecule has 0 bridgehead atoms. The van der Waals surface area contributed by atoms with Crippen molar-refractivity contribution < 1.29 is 0 Å². The Morgan fingerprint density at radius 3 is 2.88 bits per heavy atom. The molecular formula is C14H16ClNS. The van der Waals surface area contributed by atoms with E-state index in [9.17, 15) is 0 Å². The lowest BCUT2D eigenvalue weighted by Crippen LogP contribution is -2.24. The van der Waals surface area contributed by atoms with Crippen LogP contribution in [0, 0.1) is 0 Å². The summed E-state index contributed by atoms with van der Waals surface area (Å²) in [5.41, 5.74) is 0. The fraction of sp³-hybridized carbons (Fsp3) is 0.429. The van der Waals surface area contributed by atoms with E-state index in [0.717, 1.165) is 17.6 Å². The van der Waals surface area contributed by atoms with E-state index >= 15 is 0 Å². The molecule has 1 aromatic heterocycles. The molecule has 3 rings (SSSR count). The van der Waals surface area contributed by atoms with Crippen LogP contribution >= 0.6 is 22.9 Å². The Morgan fingerprint density at radius 1 is 1.29 bits per heavy atom. The smallest absolute Gasteiger partial charge is 0.0584 e. The molecule has 0 aliphatic heterocycles. The Kier molecular flexibility index (Phi) is 3.37. The van der Waals surface area contributed by atoms with Crippen LogP contribution in [0.3, 0.4) is 0 Å².